The topological polar surface area (TPSA) is 41.9 Å². The summed E-state index contributed by atoms with van der Waals surface area (Å²) in [7, 11) is 0. The number of nitrogens with zero attached hydrogens (tertiary/aromatic N) is 2. The van der Waals surface area contributed by atoms with Gasteiger partial charge in [-0.15, -0.1) is 0 Å². The van der Waals surface area contributed by atoms with Crippen LogP contribution in [-0.4, -0.2) is 36.3 Å². The van der Waals surface area contributed by atoms with Crippen LogP contribution in [0.25, 0.3) is 0 Å². The molecule has 0 aromatic heterocycles. The van der Waals surface area contributed by atoms with Crippen molar-refractivity contribution in [1.29, 1.82) is 0 Å². The Bertz CT molecular complexity index is 802. The van der Waals surface area contributed by atoms with Gasteiger partial charge in [0.15, 0.2) is 6.61 Å². The Morgan fingerprint density at radius 1 is 1.21 bits per heavy atom. The fourth-order valence-electron chi connectivity index (χ4n) is 2.59. The second kappa shape index (κ2) is 7.05. The maximum Gasteiger partial charge on any atom is 0.266 e. The van der Waals surface area contributed by atoms with Crippen molar-refractivity contribution in [2.75, 3.05) is 19.7 Å². The van der Waals surface area contributed by atoms with Crippen LogP contribution in [0.5, 0.6) is 5.75 Å². The predicted molar refractivity (Wildman–Crippen MR) is 96.0 cm³/mol. The minimum atomic E-state index is -0.107. The molecule has 0 N–H and O–H groups in total. The Balaban J connectivity index is 1.68. The summed E-state index contributed by atoms with van der Waals surface area (Å²) in [5.74, 6) is 1.25. The molecule has 24 heavy (non-hydrogen) atoms. The molecule has 1 aliphatic rings. The highest BCUT2D eigenvalue weighted by Crippen LogP contribution is 2.18. The summed E-state index contributed by atoms with van der Waals surface area (Å²) in [6.45, 7) is 5.22. The van der Waals surface area contributed by atoms with Crippen LogP contribution in [0.4, 0.5) is 0 Å². The first-order valence-electron chi connectivity index (χ1n) is 7.85. The number of hydrogen-bond acceptors (Lipinski definition) is 3. The first-order valence-corrected chi connectivity index (χ1v) is 8.23. The van der Waals surface area contributed by atoms with Crippen molar-refractivity contribution in [3.8, 4) is 5.75 Å². The number of hydrogen-bond donors (Lipinski definition) is 0. The highest BCUT2D eigenvalue weighted by atomic mass is 35.5. The number of aryl methyl sites for hydroxylation is 2. The van der Waals surface area contributed by atoms with Gasteiger partial charge in [0.25, 0.3) is 5.91 Å². The lowest BCUT2D eigenvalue weighted by Gasteiger charge is -2.19. The molecule has 1 aliphatic heterocycles. The fraction of sp³-hybridized carbons (Fsp3) is 0.263. The Hall–Kier alpha value is -2.33. The van der Waals surface area contributed by atoms with Crippen molar-refractivity contribution in [3.05, 3.63) is 64.2 Å². The summed E-state index contributed by atoms with van der Waals surface area (Å²) in [4.78, 5) is 18.6. The van der Waals surface area contributed by atoms with E-state index in [9.17, 15) is 4.79 Å². The Morgan fingerprint density at radius 2 is 2.04 bits per heavy atom. The molecule has 2 aromatic carbocycles. The van der Waals surface area contributed by atoms with Crippen molar-refractivity contribution in [2.24, 2.45) is 4.99 Å². The highest BCUT2D eigenvalue weighted by molar-refractivity contribution is 6.31. The smallest absolute Gasteiger partial charge is 0.266 e. The fourth-order valence-corrected chi connectivity index (χ4v) is 2.78. The molecule has 0 unspecified atom stereocenters. The Kier molecular flexibility index (Phi) is 4.86. The third-order valence-corrected chi connectivity index (χ3v) is 4.30. The summed E-state index contributed by atoms with van der Waals surface area (Å²) < 4.78 is 5.65. The van der Waals surface area contributed by atoms with Crippen molar-refractivity contribution in [1.82, 2.24) is 4.90 Å². The zero-order valence-corrected chi connectivity index (χ0v) is 14.5. The van der Waals surface area contributed by atoms with Crippen LogP contribution < -0.4 is 4.74 Å². The molecule has 124 valence electrons. The number of ether oxygens (including phenoxy) is 1. The van der Waals surface area contributed by atoms with Gasteiger partial charge >= 0.3 is 0 Å². The van der Waals surface area contributed by atoms with E-state index in [-0.39, 0.29) is 12.5 Å². The summed E-state index contributed by atoms with van der Waals surface area (Å²) in [5.41, 5.74) is 3.19. The molecule has 2 aromatic rings. The van der Waals surface area contributed by atoms with Gasteiger partial charge in [-0.1, -0.05) is 29.8 Å². The maximum atomic E-state index is 12.5. The summed E-state index contributed by atoms with van der Waals surface area (Å²) in [6.07, 6.45) is 0. The van der Waals surface area contributed by atoms with Crippen molar-refractivity contribution < 1.29 is 9.53 Å². The lowest BCUT2D eigenvalue weighted by Crippen LogP contribution is -2.38. The monoisotopic (exact) mass is 342 g/mol. The number of aliphatic imine (C=N–C) groups is 1. The van der Waals surface area contributed by atoms with Crippen LogP contribution in [0.1, 0.15) is 16.7 Å². The predicted octanol–water partition coefficient (Wildman–Crippen LogP) is 3.62. The number of carbonyl (C=O) groups is 1. The second-order valence-corrected chi connectivity index (χ2v) is 6.23. The number of amides is 1. The number of carbonyl (C=O) groups excluding carboxylic acids is 1. The molecule has 5 heteroatoms. The van der Waals surface area contributed by atoms with E-state index in [0.29, 0.717) is 29.7 Å². The van der Waals surface area contributed by atoms with Crippen LogP contribution in [0.2, 0.25) is 5.02 Å². The molecule has 3 rings (SSSR count). The maximum absolute atomic E-state index is 12.5. The first kappa shape index (κ1) is 16.5. The molecule has 0 spiro atoms. The van der Waals surface area contributed by atoms with Crippen LogP contribution >= 0.6 is 11.6 Å². The molecule has 0 saturated heterocycles. The van der Waals surface area contributed by atoms with Crippen molar-refractivity contribution in [3.63, 3.8) is 0 Å². The third-order valence-electron chi connectivity index (χ3n) is 4.07. The molecule has 1 heterocycles. The number of rotatable bonds is 4. The van der Waals surface area contributed by atoms with E-state index in [1.54, 1.807) is 11.0 Å². The molecular formula is C19H19ClN2O2. The van der Waals surface area contributed by atoms with Gasteiger partial charge < -0.3 is 4.74 Å². The van der Waals surface area contributed by atoms with Gasteiger partial charge in [-0.3, -0.25) is 14.7 Å². The largest absolute Gasteiger partial charge is 0.484 e. The zero-order chi connectivity index (χ0) is 17.1. The SMILES string of the molecule is Cc1ccc(OCC(=O)N2CCN=C2c2cccc(Cl)c2)cc1C. The molecule has 0 aliphatic carbocycles. The van der Waals surface area contributed by atoms with Crippen LogP contribution in [-0.2, 0) is 4.79 Å². The van der Waals surface area contributed by atoms with Gasteiger partial charge in [0.2, 0.25) is 0 Å². The van der Waals surface area contributed by atoms with E-state index in [4.69, 9.17) is 16.3 Å². The van der Waals surface area contributed by atoms with Crippen LogP contribution in [0.3, 0.4) is 0 Å². The molecule has 0 atom stereocenters. The first-order chi connectivity index (χ1) is 11.5. The van der Waals surface area contributed by atoms with E-state index >= 15 is 0 Å². The number of halogens is 1. The molecule has 0 saturated carbocycles. The average Bonchev–Trinajstić information content (AvgIpc) is 3.05. The van der Waals surface area contributed by atoms with Gasteiger partial charge in [-0.05, 0) is 49.2 Å². The molecule has 0 radical (unpaired) electrons. The number of benzene rings is 2. The van der Waals surface area contributed by atoms with Gasteiger partial charge in [-0.25, -0.2) is 0 Å². The summed E-state index contributed by atoms with van der Waals surface area (Å²) in [5, 5.41) is 0.626. The second-order valence-electron chi connectivity index (χ2n) is 5.80. The molecule has 1 amide bonds. The van der Waals surface area contributed by atoms with Gasteiger partial charge in [0.05, 0.1) is 6.54 Å². The Labute approximate surface area is 146 Å². The quantitative estimate of drug-likeness (QED) is 0.851. The van der Waals surface area contributed by atoms with Gasteiger partial charge in [0.1, 0.15) is 11.6 Å². The molecule has 0 fully saturated rings. The van der Waals surface area contributed by atoms with E-state index in [1.165, 1.54) is 5.56 Å². The standard InChI is InChI=1S/C19H19ClN2O2/c1-13-6-7-17(10-14(13)2)24-12-18(23)22-9-8-21-19(22)15-4-3-5-16(20)11-15/h3-7,10-11H,8-9,12H2,1-2H3. The molecule has 4 nitrogen and oxygen atoms in total. The van der Waals surface area contributed by atoms with Gasteiger partial charge in [0, 0.05) is 17.1 Å². The highest BCUT2D eigenvalue weighted by Gasteiger charge is 2.25. The summed E-state index contributed by atoms with van der Waals surface area (Å²) >= 11 is 6.04. The molecule has 0 bridgehead atoms. The van der Waals surface area contributed by atoms with Crippen LogP contribution in [0, 0.1) is 13.8 Å². The van der Waals surface area contributed by atoms with E-state index in [0.717, 1.165) is 11.1 Å². The Morgan fingerprint density at radius 3 is 2.79 bits per heavy atom. The summed E-state index contributed by atoms with van der Waals surface area (Å²) in [6, 6.07) is 13.2. The minimum Gasteiger partial charge on any atom is -0.484 e. The third kappa shape index (κ3) is 3.60. The van der Waals surface area contributed by atoms with E-state index < -0.39 is 0 Å². The van der Waals surface area contributed by atoms with Gasteiger partial charge in [-0.2, -0.15) is 0 Å². The molecular weight excluding hydrogens is 324 g/mol. The lowest BCUT2D eigenvalue weighted by atomic mass is 10.1. The normalized spacial score (nSPS) is 13.8. The lowest BCUT2D eigenvalue weighted by molar-refractivity contribution is -0.129. The van der Waals surface area contributed by atoms with Crippen LogP contribution in [0.15, 0.2) is 47.5 Å². The van der Waals surface area contributed by atoms with Crippen molar-refractivity contribution >= 4 is 23.3 Å². The zero-order valence-electron chi connectivity index (χ0n) is 13.8. The average molecular weight is 343 g/mol. The minimum absolute atomic E-state index is 0.0118. The van der Waals surface area contributed by atoms with Crippen molar-refractivity contribution in [2.45, 2.75) is 13.8 Å². The van der Waals surface area contributed by atoms with E-state index in [1.807, 2.05) is 50.2 Å². The van der Waals surface area contributed by atoms with E-state index in [2.05, 4.69) is 4.99 Å². The number of amidine groups is 1.